The van der Waals surface area contributed by atoms with E-state index in [-0.39, 0.29) is 0 Å². The Bertz CT molecular complexity index is 1280. The summed E-state index contributed by atoms with van der Waals surface area (Å²) in [4.78, 5) is 14.4. The molecule has 3 aromatic carbocycles. The largest absolute Gasteiger partial charge is 0.275 e. The predicted octanol–water partition coefficient (Wildman–Crippen LogP) is 6.05. The number of nitrogens with zero attached hydrogens (tertiary/aromatic N) is 4. The SMILES string of the molecule is Clc1ccc(-c2nc3nc4ccccc4nc3n2-c2ccc(Br)cc2)cc1. The molecule has 130 valence electrons. The Labute approximate surface area is 168 Å². The summed E-state index contributed by atoms with van der Waals surface area (Å²) in [6.45, 7) is 0. The van der Waals surface area contributed by atoms with Gasteiger partial charge in [-0.1, -0.05) is 39.7 Å². The summed E-state index contributed by atoms with van der Waals surface area (Å²) < 4.78 is 3.05. The predicted molar refractivity (Wildman–Crippen MR) is 112 cm³/mol. The summed E-state index contributed by atoms with van der Waals surface area (Å²) in [6, 6.07) is 23.5. The molecule has 2 aromatic heterocycles. The van der Waals surface area contributed by atoms with E-state index in [2.05, 4.69) is 15.9 Å². The number of aromatic nitrogens is 4. The number of benzene rings is 3. The van der Waals surface area contributed by atoms with Crippen LogP contribution in [0.3, 0.4) is 0 Å². The van der Waals surface area contributed by atoms with E-state index >= 15 is 0 Å². The van der Waals surface area contributed by atoms with Crippen LogP contribution in [-0.2, 0) is 0 Å². The molecular formula is C21H12BrClN4. The minimum Gasteiger partial charge on any atom is -0.275 e. The summed E-state index contributed by atoms with van der Waals surface area (Å²) in [6.07, 6.45) is 0. The van der Waals surface area contributed by atoms with E-state index in [0.717, 1.165) is 38.2 Å². The van der Waals surface area contributed by atoms with Crippen molar-refractivity contribution in [2.24, 2.45) is 0 Å². The van der Waals surface area contributed by atoms with Gasteiger partial charge in [-0.05, 0) is 60.7 Å². The summed E-state index contributed by atoms with van der Waals surface area (Å²) in [5, 5.41) is 0.687. The van der Waals surface area contributed by atoms with E-state index in [0.29, 0.717) is 10.7 Å². The van der Waals surface area contributed by atoms with Crippen LogP contribution in [0.25, 0.3) is 39.4 Å². The molecule has 0 spiro atoms. The Morgan fingerprint density at radius 1 is 0.741 bits per heavy atom. The van der Waals surface area contributed by atoms with Gasteiger partial charge >= 0.3 is 0 Å². The Balaban J connectivity index is 1.86. The maximum absolute atomic E-state index is 6.07. The van der Waals surface area contributed by atoms with E-state index in [9.17, 15) is 0 Å². The first-order valence-electron chi connectivity index (χ1n) is 8.36. The second kappa shape index (κ2) is 6.44. The van der Waals surface area contributed by atoms with Gasteiger partial charge in [0.1, 0.15) is 5.82 Å². The molecule has 0 amide bonds. The van der Waals surface area contributed by atoms with Gasteiger partial charge in [-0.15, -0.1) is 0 Å². The molecule has 0 atom stereocenters. The van der Waals surface area contributed by atoms with Gasteiger partial charge < -0.3 is 0 Å². The van der Waals surface area contributed by atoms with Crippen LogP contribution in [0, 0.1) is 0 Å². The Hall–Kier alpha value is -2.76. The summed E-state index contributed by atoms with van der Waals surface area (Å²) in [7, 11) is 0. The lowest BCUT2D eigenvalue weighted by Gasteiger charge is -2.09. The van der Waals surface area contributed by atoms with Crippen LogP contribution in [0.2, 0.25) is 5.02 Å². The number of hydrogen-bond acceptors (Lipinski definition) is 3. The second-order valence-corrected chi connectivity index (χ2v) is 7.47. The van der Waals surface area contributed by atoms with Crippen LogP contribution >= 0.6 is 27.5 Å². The zero-order valence-electron chi connectivity index (χ0n) is 14.0. The van der Waals surface area contributed by atoms with Crippen LogP contribution in [0.4, 0.5) is 0 Å². The highest BCUT2D eigenvalue weighted by molar-refractivity contribution is 9.10. The molecule has 0 fully saturated rings. The average molecular weight is 436 g/mol. The van der Waals surface area contributed by atoms with Gasteiger partial charge in [-0.2, -0.15) is 0 Å². The maximum Gasteiger partial charge on any atom is 0.199 e. The normalized spacial score (nSPS) is 11.3. The average Bonchev–Trinajstić information content (AvgIpc) is 3.05. The van der Waals surface area contributed by atoms with Crippen molar-refractivity contribution in [3.05, 3.63) is 82.3 Å². The molecule has 0 aliphatic rings. The third-order valence-corrected chi connectivity index (χ3v) is 5.14. The lowest BCUT2D eigenvalue weighted by atomic mass is 10.2. The van der Waals surface area contributed by atoms with Crippen molar-refractivity contribution < 1.29 is 0 Å². The monoisotopic (exact) mass is 434 g/mol. The van der Waals surface area contributed by atoms with Crippen LogP contribution in [-0.4, -0.2) is 19.5 Å². The van der Waals surface area contributed by atoms with Gasteiger partial charge in [0.05, 0.1) is 11.0 Å². The summed E-state index contributed by atoms with van der Waals surface area (Å²) in [5.41, 5.74) is 4.92. The minimum atomic E-state index is 0.613. The van der Waals surface area contributed by atoms with Gasteiger partial charge in [-0.25, -0.2) is 15.0 Å². The van der Waals surface area contributed by atoms with Crippen LogP contribution < -0.4 is 0 Å². The zero-order chi connectivity index (χ0) is 18.4. The van der Waals surface area contributed by atoms with Crippen molar-refractivity contribution in [2.45, 2.75) is 0 Å². The summed E-state index contributed by atoms with van der Waals surface area (Å²) >= 11 is 9.56. The molecule has 0 aliphatic heterocycles. The van der Waals surface area contributed by atoms with Crippen molar-refractivity contribution in [3.63, 3.8) is 0 Å². The quantitative estimate of drug-likeness (QED) is 0.339. The molecule has 0 N–H and O–H groups in total. The first-order valence-corrected chi connectivity index (χ1v) is 9.53. The molecule has 0 saturated carbocycles. The number of fused-ring (bicyclic) bond motifs is 2. The van der Waals surface area contributed by atoms with Crippen molar-refractivity contribution >= 4 is 49.9 Å². The lowest BCUT2D eigenvalue weighted by Crippen LogP contribution is -1.99. The highest BCUT2D eigenvalue weighted by Gasteiger charge is 2.17. The molecule has 0 aliphatic carbocycles. The fourth-order valence-electron chi connectivity index (χ4n) is 3.08. The molecule has 6 heteroatoms. The molecule has 0 saturated heterocycles. The Kier molecular flexibility index (Phi) is 3.92. The molecule has 0 bridgehead atoms. The van der Waals surface area contributed by atoms with E-state index in [1.54, 1.807) is 0 Å². The molecule has 5 rings (SSSR count). The van der Waals surface area contributed by atoms with Crippen LogP contribution in [0.15, 0.2) is 77.3 Å². The number of para-hydroxylation sites is 2. The standard InChI is InChI=1S/C21H12BrClN4/c22-14-7-11-16(12-8-14)27-20(13-5-9-15(23)10-6-13)26-19-21(27)25-18-4-2-1-3-17(18)24-19/h1-12H. The van der Waals surface area contributed by atoms with E-state index < -0.39 is 0 Å². The topological polar surface area (TPSA) is 43.6 Å². The van der Waals surface area contributed by atoms with Crippen LogP contribution in [0.5, 0.6) is 0 Å². The summed E-state index contributed by atoms with van der Waals surface area (Å²) in [5.74, 6) is 0.777. The molecule has 4 nitrogen and oxygen atoms in total. The van der Waals surface area contributed by atoms with E-state index in [1.165, 1.54) is 0 Å². The molecular weight excluding hydrogens is 424 g/mol. The third-order valence-electron chi connectivity index (χ3n) is 4.36. The number of imidazole rings is 1. The van der Waals surface area contributed by atoms with Gasteiger partial charge in [0.25, 0.3) is 0 Å². The number of hydrogen-bond donors (Lipinski definition) is 0. The van der Waals surface area contributed by atoms with Gasteiger partial charge in [0.15, 0.2) is 11.3 Å². The number of rotatable bonds is 2. The zero-order valence-corrected chi connectivity index (χ0v) is 16.3. The van der Waals surface area contributed by atoms with Gasteiger partial charge in [-0.3, -0.25) is 4.57 Å². The highest BCUT2D eigenvalue weighted by atomic mass is 79.9. The van der Waals surface area contributed by atoms with Crippen LogP contribution in [0.1, 0.15) is 0 Å². The smallest absolute Gasteiger partial charge is 0.199 e. The molecule has 0 unspecified atom stereocenters. The van der Waals surface area contributed by atoms with Crippen molar-refractivity contribution in [1.29, 1.82) is 0 Å². The third kappa shape index (κ3) is 2.89. The minimum absolute atomic E-state index is 0.613. The molecule has 0 radical (unpaired) electrons. The fraction of sp³-hybridized carbons (Fsp3) is 0. The molecule has 2 heterocycles. The lowest BCUT2D eigenvalue weighted by molar-refractivity contribution is 1.08. The first-order chi connectivity index (χ1) is 13.2. The highest BCUT2D eigenvalue weighted by Crippen LogP contribution is 2.29. The maximum atomic E-state index is 6.07. The fourth-order valence-corrected chi connectivity index (χ4v) is 3.47. The Morgan fingerprint density at radius 2 is 1.41 bits per heavy atom. The van der Waals surface area contributed by atoms with Gasteiger partial charge in [0.2, 0.25) is 0 Å². The first kappa shape index (κ1) is 16.4. The van der Waals surface area contributed by atoms with Gasteiger partial charge in [0, 0.05) is 20.7 Å². The van der Waals surface area contributed by atoms with Crippen molar-refractivity contribution in [3.8, 4) is 17.1 Å². The second-order valence-electron chi connectivity index (χ2n) is 6.11. The van der Waals surface area contributed by atoms with Crippen molar-refractivity contribution in [2.75, 3.05) is 0 Å². The van der Waals surface area contributed by atoms with Crippen molar-refractivity contribution in [1.82, 2.24) is 19.5 Å². The molecule has 5 aromatic rings. The molecule has 27 heavy (non-hydrogen) atoms. The number of halogens is 2. The Morgan fingerprint density at radius 3 is 2.11 bits per heavy atom. The van der Waals surface area contributed by atoms with E-state index in [4.69, 9.17) is 26.6 Å². The van der Waals surface area contributed by atoms with E-state index in [1.807, 2.05) is 77.4 Å².